The first-order valence-electron chi connectivity index (χ1n) is 7.04. The Morgan fingerprint density at radius 3 is 2.57 bits per heavy atom. The monoisotopic (exact) mass is 296 g/mol. The normalized spacial score (nSPS) is 12.2. The largest absolute Gasteiger partial charge is 0.481 e. The van der Waals surface area contributed by atoms with Crippen molar-refractivity contribution in [2.45, 2.75) is 33.6 Å². The SMILES string of the molecule is Cc1nn(C)cc1NC(=O)NCC(CC(=O)O)CC(C)C. The van der Waals surface area contributed by atoms with Gasteiger partial charge in [-0.2, -0.15) is 5.10 Å². The highest BCUT2D eigenvalue weighted by atomic mass is 16.4. The summed E-state index contributed by atoms with van der Waals surface area (Å²) in [7, 11) is 1.78. The topological polar surface area (TPSA) is 96.3 Å². The van der Waals surface area contributed by atoms with E-state index in [0.717, 1.165) is 12.1 Å². The highest BCUT2D eigenvalue weighted by molar-refractivity contribution is 5.89. The summed E-state index contributed by atoms with van der Waals surface area (Å²) in [5.74, 6) is -0.519. The van der Waals surface area contributed by atoms with Gasteiger partial charge in [-0.25, -0.2) is 4.79 Å². The highest BCUT2D eigenvalue weighted by Gasteiger charge is 2.16. The lowest BCUT2D eigenvalue weighted by molar-refractivity contribution is -0.138. The van der Waals surface area contributed by atoms with Gasteiger partial charge in [0.1, 0.15) is 0 Å². The number of rotatable bonds is 7. The molecular weight excluding hydrogens is 272 g/mol. The van der Waals surface area contributed by atoms with Crippen LogP contribution in [0.1, 0.15) is 32.4 Å². The smallest absolute Gasteiger partial charge is 0.319 e. The molecule has 21 heavy (non-hydrogen) atoms. The molecule has 1 aromatic heterocycles. The molecule has 0 saturated heterocycles. The second-order valence-electron chi connectivity index (χ2n) is 5.73. The lowest BCUT2D eigenvalue weighted by Crippen LogP contribution is -2.34. The zero-order chi connectivity index (χ0) is 16.0. The average molecular weight is 296 g/mol. The van der Waals surface area contributed by atoms with Gasteiger partial charge in [0.15, 0.2) is 0 Å². The second-order valence-corrected chi connectivity index (χ2v) is 5.73. The van der Waals surface area contributed by atoms with Crippen molar-refractivity contribution in [3.05, 3.63) is 11.9 Å². The van der Waals surface area contributed by atoms with E-state index < -0.39 is 5.97 Å². The summed E-state index contributed by atoms with van der Waals surface area (Å²) in [5, 5.41) is 18.5. The fraction of sp³-hybridized carbons (Fsp3) is 0.643. The summed E-state index contributed by atoms with van der Waals surface area (Å²) in [4.78, 5) is 22.7. The first kappa shape index (κ1) is 17.0. The third kappa shape index (κ3) is 6.29. The third-order valence-electron chi connectivity index (χ3n) is 3.08. The van der Waals surface area contributed by atoms with Crippen molar-refractivity contribution in [2.75, 3.05) is 11.9 Å². The van der Waals surface area contributed by atoms with Crippen molar-refractivity contribution in [3.8, 4) is 0 Å². The Balaban J connectivity index is 2.49. The van der Waals surface area contributed by atoms with E-state index >= 15 is 0 Å². The van der Waals surface area contributed by atoms with E-state index in [4.69, 9.17) is 5.11 Å². The number of nitrogens with zero attached hydrogens (tertiary/aromatic N) is 2. The van der Waals surface area contributed by atoms with Crippen molar-refractivity contribution in [3.63, 3.8) is 0 Å². The molecule has 0 spiro atoms. The van der Waals surface area contributed by atoms with Crippen molar-refractivity contribution in [1.29, 1.82) is 0 Å². The van der Waals surface area contributed by atoms with Gasteiger partial charge in [-0.3, -0.25) is 9.48 Å². The Labute approximate surface area is 124 Å². The molecule has 3 N–H and O–H groups in total. The van der Waals surface area contributed by atoms with Crippen molar-refractivity contribution < 1.29 is 14.7 Å². The predicted molar refractivity (Wildman–Crippen MR) is 80.2 cm³/mol. The minimum Gasteiger partial charge on any atom is -0.481 e. The number of carbonyl (C=O) groups is 2. The molecule has 7 heteroatoms. The Kier molecular flexibility index (Phi) is 6.20. The Morgan fingerprint density at radius 2 is 2.10 bits per heavy atom. The maximum atomic E-state index is 11.8. The maximum absolute atomic E-state index is 11.8. The molecule has 2 amide bonds. The maximum Gasteiger partial charge on any atom is 0.319 e. The highest BCUT2D eigenvalue weighted by Crippen LogP contribution is 2.15. The summed E-state index contributed by atoms with van der Waals surface area (Å²) in [5.41, 5.74) is 1.38. The average Bonchev–Trinajstić information content (AvgIpc) is 2.63. The molecule has 0 aromatic carbocycles. The van der Waals surface area contributed by atoms with E-state index in [1.165, 1.54) is 0 Å². The summed E-state index contributed by atoms with van der Waals surface area (Å²) in [6.07, 6.45) is 2.54. The minimum absolute atomic E-state index is 0.0599. The number of amides is 2. The molecule has 1 heterocycles. The van der Waals surface area contributed by atoms with Crippen LogP contribution in [0, 0.1) is 18.8 Å². The number of aliphatic carboxylic acids is 1. The van der Waals surface area contributed by atoms with Gasteiger partial charge < -0.3 is 15.7 Å². The van der Waals surface area contributed by atoms with Gasteiger partial charge in [-0.15, -0.1) is 0 Å². The fourth-order valence-corrected chi connectivity index (χ4v) is 2.28. The van der Waals surface area contributed by atoms with Crippen LogP contribution in [-0.2, 0) is 11.8 Å². The molecule has 1 rings (SSSR count). The fourth-order valence-electron chi connectivity index (χ4n) is 2.28. The van der Waals surface area contributed by atoms with E-state index in [1.807, 2.05) is 20.8 Å². The number of hydrogen-bond donors (Lipinski definition) is 3. The second kappa shape index (κ2) is 7.66. The van der Waals surface area contributed by atoms with Crippen LogP contribution in [0.15, 0.2) is 6.20 Å². The number of carboxylic acids is 1. The molecule has 1 unspecified atom stereocenters. The van der Waals surface area contributed by atoms with E-state index in [9.17, 15) is 9.59 Å². The molecule has 118 valence electrons. The number of carboxylic acid groups (broad SMARTS) is 1. The van der Waals surface area contributed by atoms with Gasteiger partial charge in [-0.05, 0) is 25.2 Å². The molecule has 0 aliphatic heterocycles. The first-order valence-corrected chi connectivity index (χ1v) is 7.04. The van der Waals surface area contributed by atoms with Crippen LogP contribution in [0.3, 0.4) is 0 Å². The lowest BCUT2D eigenvalue weighted by atomic mass is 9.94. The van der Waals surface area contributed by atoms with Crippen LogP contribution in [0.5, 0.6) is 0 Å². The molecule has 0 aliphatic rings. The molecular formula is C14H24N4O3. The van der Waals surface area contributed by atoms with Gasteiger partial charge >= 0.3 is 12.0 Å². The summed E-state index contributed by atoms with van der Waals surface area (Å²) in [6, 6.07) is -0.342. The van der Waals surface area contributed by atoms with Crippen LogP contribution < -0.4 is 10.6 Å². The standard InChI is InChI=1S/C14H24N4O3/c1-9(2)5-11(6-13(19)20)7-15-14(21)16-12-8-18(4)17-10(12)3/h8-9,11H,5-7H2,1-4H3,(H,19,20)(H2,15,16,21). The van der Waals surface area contributed by atoms with Crippen LogP contribution >= 0.6 is 0 Å². The third-order valence-corrected chi connectivity index (χ3v) is 3.08. The molecule has 0 radical (unpaired) electrons. The molecule has 0 aliphatic carbocycles. The van der Waals surface area contributed by atoms with Crippen molar-refractivity contribution in [1.82, 2.24) is 15.1 Å². The van der Waals surface area contributed by atoms with Crippen LogP contribution in [0.25, 0.3) is 0 Å². The molecule has 0 saturated carbocycles. The van der Waals surface area contributed by atoms with Gasteiger partial charge in [-0.1, -0.05) is 13.8 Å². The van der Waals surface area contributed by atoms with Gasteiger partial charge in [0.25, 0.3) is 0 Å². The summed E-state index contributed by atoms with van der Waals surface area (Å²) >= 11 is 0. The molecule has 0 fully saturated rings. The molecule has 0 bridgehead atoms. The van der Waals surface area contributed by atoms with Crippen molar-refractivity contribution >= 4 is 17.7 Å². The minimum atomic E-state index is -0.842. The van der Waals surface area contributed by atoms with Gasteiger partial charge in [0.05, 0.1) is 11.4 Å². The number of nitrogens with one attached hydrogen (secondary N) is 2. The molecule has 1 aromatic rings. The lowest BCUT2D eigenvalue weighted by Gasteiger charge is -2.17. The van der Waals surface area contributed by atoms with Gasteiger partial charge in [0.2, 0.25) is 0 Å². The van der Waals surface area contributed by atoms with Crippen LogP contribution in [0.2, 0.25) is 0 Å². The molecule has 7 nitrogen and oxygen atoms in total. The Morgan fingerprint density at radius 1 is 1.43 bits per heavy atom. The summed E-state index contributed by atoms with van der Waals surface area (Å²) < 4.78 is 1.62. The number of aryl methyl sites for hydroxylation is 2. The van der Waals surface area contributed by atoms with E-state index in [0.29, 0.717) is 18.2 Å². The summed E-state index contributed by atoms with van der Waals surface area (Å²) in [6.45, 7) is 6.22. The quantitative estimate of drug-likeness (QED) is 0.717. The Bertz CT molecular complexity index is 496. The van der Waals surface area contributed by atoms with E-state index in [2.05, 4.69) is 15.7 Å². The predicted octanol–water partition coefficient (Wildman–Crippen LogP) is 1.99. The number of carbonyl (C=O) groups excluding carboxylic acids is 1. The molecule has 1 atom stereocenters. The number of urea groups is 1. The number of anilines is 1. The Hall–Kier alpha value is -2.05. The zero-order valence-corrected chi connectivity index (χ0v) is 13.0. The van der Waals surface area contributed by atoms with Crippen LogP contribution in [-0.4, -0.2) is 33.4 Å². The van der Waals surface area contributed by atoms with E-state index in [1.54, 1.807) is 17.9 Å². The van der Waals surface area contributed by atoms with Crippen molar-refractivity contribution in [2.24, 2.45) is 18.9 Å². The number of aromatic nitrogens is 2. The van der Waals surface area contributed by atoms with Gasteiger partial charge in [0, 0.05) is 26.2 Å². The van der Waals surface area contributed by atoms with E-state index in [-0.39, 0.29) is 18.4 Å². The van der Waals surface area contributed by atoms with Crippen LogP contribution in [0.4, 0.5) is 10.5 Å². The first-order chi connectivity index (χ1) is 9.77. The zero-order valence-electron chi connectivity index (χ0n) is 13.0. The number of hydrogen-bond acceptors (Lipinski definition) is 3.